The Morgan fingerprint density at radius 3 is 2.44 bits per heavy atom. The smallest absolute Gasteiger partial charge is 0.351 e. The number of fused-ring (bicyclic) bond motifs is 1. The van der Waals surface area contributed by atoms with E-state index in [1.165, 1.54) is 23.5 Å². The van der Waals surface area contributed by atoms with E-state index in [1.54, 1.807) is 20.7 Å². The van der Waals surface area contributed by atoms with E-state index in [0.29, 0.717) is 55.9 Å². The molecule has 168 valence electrons. The van der Waals surface area contributed by atoms with Crippen LogP contribution >= 0.6 is 11.3 Å². The monoisotopic (exact) mass is 463 g/mol. The second kappa shape index (κ2) is 7.89. The van der Waals surface area contributed by atoms with Gasteiger partial charge in [0.05, 0.1) is 11.1 Å². The van der Waals surface area contributed by atoms with Crippen LogP contribution in [0.25, 0.3) is 10.9 Å². The third-order valence-corrected chi connectivity index (χ3v) is 6.68. The Labute approximate surface area is 185 Å². The Morgan fingerprint density at radius 2 is 1.78 bits per heavy atom. The number of nitrogens with one attached hydrogen (secondary N) is 1. The maximum absolute atomic E-state index is 12.9. The van der Waals surface area contributed by atoms with E-state index in [0.717, 1.165) is 12.1 Å². The lowest BCUT2D eigenvalue weighted by Gasteiger charge is -2.47. The van der Waals surface area contributed by atoms with Crippen LogP contribution in [-0.4, -0.2) is 81.8 Å². The summed E-state index contributed by atoms with van der Waals surface area (Å²) in [6.45, 7) is 3.72. The fraction of sp³-hybridized carbons (Fsp3) is 0.381. The molecule has 1 aromatic carbocycles. The molecule has 1 N–H and O–H groups in total. The predicted molar refractivity (Wildman–Crippen MR) is 113 cm³/mol. The van der Waals surface area contributed by atoms with Crippen molar-refractivity contribution in [3.05, 3.63) is 52.1 Å². The van der Waals surface area contributed by atoms with Crippen LogP contribution in [0.5, 0.6) is 0 Å². The minimum absolute atomic E-state index is 0.0520. The lowest BCUT2D eigenvalue weighted by molar-refractivity contribution is -0.137. The number of amides is 2. The van der Waals surface area contributed by atoms with Crippen LogP contribution < -0.4 is 0 Å². The standard InChI is InChI=1S/C21H20F3N5O2S/c22-21(23,24)14-1-2-16-13(7-14)8-17(26-16)19(30)28-5-3-27(4-6-28)15-9-29(10-15)20(31)18-11-32-12-25-18/h1-2,7-8,11-12,15,26H,3-6,9-10H2. The third kappa shape index (κ3) is 3.86. The van der Waals surface area contributed by atoms with Crippen LogP contribution in [0.15, 0.2) is 35.2 Å². The van der Waals surface area contributed by atoms with Gasteiger partial charge in [0, 0.05) is 61.6 Å². The van der Waals surface area contributed by atoms with Crippen molar-refractivity contribution >= 4 is 34.1 Å². The highest BCUT2D eigenvalue weighted by Gasteiger charge is 2.37. The summed E-state index contributed by atoms with van der Waals surface area (Å²) in [5.74, 6) is -0.271. The van der Waals surface area contributed by atoms with E-state index in [2.05, 4.69) is 14.9 Å². The summed E-state index contributed by atoms with van der Waals surface area (Å²) in [6, 6.07) is 5.15. The van der Waals surface area contributed by atoms with Gasteiger partial charge >= 0.3 is 6.18 Å². The zero-order valence-corrected chi connectivity index (χ0v) is 17.7. The number of likely N-dealkylation sites (tertiary alicyclic amines) is 1. The molecular formula is C21H20F3N5O2S. The molecule has 0 saturated carbocycles. The molecule has 11 heteroatoms. The summed E-state index contributed by atoms with van der Waals surface area (Å²) in [5, 5.41) is 2.11. The Morgan fingerprint density at radius 1 is 1.03 bits per heavy atom. The summed E-state index contributed by atoms with van der Waals surface area (Å²) in [7, 11) is 0. The van der Waals surface area contributed by atoms with Crippen LogP contribution in [-0.2, 0) is 6.18 Å². The highest BCUT2D eigenvalue weighted by atomic mass is 32.1. The van der Waals surface area contributed by atoms with Gasteiger partial charge in [0.1, 0.15) is 11.4 Å². The largest absolute Gasteiger partial charge is 0.416 e. The summed E-state index contributed by atoms with van der Waals surface area (Å²) in [6.07, 6.45) is -4.42. The highest BCUT2D eigenvalue weighted by Crippen LogP contribution is 2.31. The normalized spacial score (nSPS) is 18.2. The number of aromatic amines is 1. The third-order valence-electron chi connectivity index (χ3n) is 6.10. The first-order chi connectivity index (χ1) is 15.3. The molecule has 32 heavy (non-hydrogen) atoms. The summed E-state index contributed by atoms with van der Waals surface area (Å²) < 4.78 is 38.8. The van der Waals surface area contributed by atoms with Crippen LogP contribution in [0, 0.1) is 0 Å². The van der Waals surface area contributed by atoms with E-state index in [9.17, 15) is 22.8 Å². The van der Waals surface area contributed by atoms with Gasteiger partial charge in [0.2, 0.25) is 0 Å². The van der Waals surface area contributed by atoms with E-state index in [4.69, 9.17) is 0 Å². The van der Waals surface area contributed by atoms with Crippen molar-refractivity contribution in [2.24, 2.45) is 0 Å². The molecule has 2 aromatic heterocycles. The van der Waals surface area contributed by atoms with Crippen LogP contribution in [0.2, 0.25) is 0 Å². The minimum atomic E-state index is -4.42. The van der Waals surface area contributed by atoms with Gasteiger partial charge in [-0.1, -0.05) is 0 Å². The van der Waals surface area contributed by atoms with Crippen LogP contribution in [0.3, 0.4) is 0 Å². The predicted octanol–water partition coefficient (Wildman–Crippen LogP) is 2.93. The fourth-order valence-electron chi connectivity index (χ4n) is 4.22. The van der Waals surface area contributed by atoms with Gasteiger partial charge in [-0.25, -0.2) is 4.98 Å². The molecule has 0 unspecified atom stereocenters. The number of halogens is 3. The molecule has 0 aliphatic carbocycles. The molecule has 0 bridgehead atoms. The van der Waals surface area contributed by atoms with Crippen molar-refractivity contribution in [1.29, 1.82) is 0 Å². The van der Waals surface area contributed by atoms with E-state index < -0.39 is 11.7 Å². The maximum Gasteiger partial charge on any atom is 0.416 e. The lowest BCUT2D eigenvalue weighted by atomic mass is 10.1. The van der Waals surface area contributed by atoms with Gasteiger partial charge in [-0.15, -0.1) is 11.3 Å². The molecule has 4 heterocycles. The average molecular weight is 463 g/mol. The van der Waals surface area contributed by atoms with Crippen molar-refractivity contribution < 1.29 is 22.8 Å². The first kappa shape index (κ1) is 21.0. The van der Waals surface area contributed by atoms with Crippen LogP contribution in [0.4, 0.5) is 13.2 Å². The number of carbonyl (C=O) groups is 2. The first-order valence-electron chi connectivity index (χ1n) is 10.2. The molecule has 2 saturated heterocycles. The van der Waals surface area contributed by atoms with Gasteiger partial charge in [0.25, 0.3) is 11.8 Å². The molecule has 7 nitrogen and oxygen atoms in total. The number of nitrogens with zero attached hydrogens (tertiary/aromatic N) is 4. The number of piperazine rings is 1. The fourth-order valence-corrected chi connectivity index (χ4v) is 4.74. The molecule has 2 aliphatic heterocycles. The van der Waals surface area contributed by atoms with Gasteiger partial charge in [-0.05, 0) is 24.3 Å². The second-order valence-electron chi connectivity index (χ2n) is 8.05. The number of thiazole rings is 1. The van der Waals surface area contributed by atoms with E-state index in [1.807, 2.05) is 0 Å². The van der Waals surface area contributed by atoms with E-state index in [-0.39, 0.29) is 23.6 Å². The quantitative estimate of drug-likeness (QED) is 0.649. The van der Waals surface area contributed by atoms with Crippen molar-refractivity contribution in [3.63, 3.8) is 0 Å². The summed E-state index contributed by atoms with van der Waals surface area (Å²) in [4.78, 5) is 37.9. The molecular weight excluding hydrogens is 443 g/mol. The minimum Gasteiger partial charge on any atom is -0.351 e. The number of rotatable bonds is 3. The van der Waals surface area contributed by atoms with Crippen LogP contribution in [0.1, 0.15) is 26.5 Å². The number of aromatic nitrogens is 2. The summed E-state index contributed by atoms with van der Waals surface area (Å²) >= 11 is 1.39. The molecule has 2 amide bonds. The van der Waals surface area contributed by atoms with Crippen molar-refractivity contribution in [2.45, 2.75) is 12.2 Å². The van der Waals surface area contributed by atoms with E-state index >= 15 is 0 Å². The SMILES string of the molecule is O=C(c1cscn1)N1CC(N2CCN(C(=O)c3cc4cc(C(F)(F)F)ccc4[nH]3)CC2)C1. The zero-order chi connectivity index (χ0) is 22.5. The zero-order valence-electron chi connectivity index (χ0n) is 16.9. The van der Waals surface area contributed by atoms with Gasteiger partial charge < -0.3 is 14.8 Å². The molecule has 2 fully saturated rings. The second-order valence-corrected chi connectivity index (χ2v) is 8.77. The Balaban J connectivity index is 1.17. The van der Waals surface area contributed by atoms with Crippen molar-refractivity contribution in [3.8, 4) is 0 Å². The summed E-state index contributed by atoms with van der Waals surface area (Å²) in [5.41, 5.74) is 2.17. The number of carbonyl (C=O) groups excluding carboxylic acids is 2. The Hall–Kier alpha value is -2.92. The van der Waals surface area contributed by atoms with Gasteiger partial charge in [-0.2, -0.15) is 13.2 Å². The number of alkyl halides is 3. The number of hydrogen-bond donors (Lipinski definition) is 1. The van der Waals surface area contributed by atoms with Crippen molar-refractivity contribution in [1.82, 2.24) is 24.7 Å². The molecule has 0 radical (unpaired) electrons. The molecule has 5 rings (SSSR count). The lowest BCUT2D eigenvalue weighted by Crippen LogP contribution is -2.64. The average Bonchev–Trinajstić information content (AvgIpc) is 3.41. The topological polar surface area (TPSA) is 72.5 Å². The maximum atomic E-state index is 12.9. The first-order valence-corrected chi connectivity index (χ1v) is 11.1. The Kier molecular flexibility index (Phi) is 5.17. The Bertz CT molecular complexity index is 1150. The van der Waals surface area contributed by atoms with Gasteiger partial charge in [-0.3, -0.25) is 14.5 Å². The molecule has 2 aliphatic rings. The number of hydrogen-bond acceptors (Lipinski definition) is 5. The highest BCUT2D eigenvalue weighted by molar-refractivity contribution is 7.07. The number of benzene rings is 1. The molecule has 3 aromatic rings. The molecule has 0 spiro atoms. The van der Waals surface area contributed by atoms with Gasteiger partial charge in [0.15, 0.2) is 0 Å². The number of H-pyrrole nitrogens is 1. The van der Waals surface area contributed by atoms with Crippen molar-refractivity contribution in [2.75, 3.05) is 39.3 Å². The molecule has 0 atom stereocenters.